The van der Waals surface area contributed by atoms with E-state index in [0.717, 1.165) is 8.99 Å². The number of carbonyl (C=O) groups is 1. The predicted molar refractivity (Wildman–Crippen MR) is 64.8 cm³/mol. The van der Waals surface area contributed by atoms with Crippen LogP contribution < -0.4 is 0 Å². The van der Waals surface area contributed by atoms with E-state index < -0.39 is 21.9 Å². The summed E-state index contributed by atoms with van der Waals surface area (Å²) in [6, 6.07) is 0. The van der Waals surface area contributed by atoms with Crippen molar-refractivity contribution in [3.63, 3.8) is 0 Å². The summed E-state index contributed by atoms with van der Waals surface area (Å²) in [5, 5.41) is 12.4. The van der Waals surface area contributed by atoms with E-state index in [1.165, 1.54) is 27.2 Å². The molecule has 1 heterocycles. The molecule has 7 nitrogen and oxygen atoms in total. The number of sulfonamides is 1. The van der Waals surface area contributed by atoms with Crippen LogP contribution in [0.25, 0.3) is 0 Å². The van der Waals surface area contributed by atoms with Crippen LogP contribution in [0.15, 0.2) is 11.2 Å². The highest BCUT2D eigenvalue weighted by atomic mass is 35.5. The van der Waals surface area contributed by atoms with Crippen molar-refractivity contribution in [1.82, 2.24) is 14.1 Å². The van der Waals surface area contributed by atoms with Gasteiger partial charge in [0, 0.05) is 20.6 Å². The molecule has 1 aromatic rings. The molecule has 0 radical (unpaired) electrons. The van der Waals surface area contributed by atoms with Crippen LogP contribution in [0, 0.1) is 5.92 Å². The highest BCUT2D eigenvalue weighted by Gasteiger charge is 2.29. The number of hydrogen-bond donors (Lipinski definition) is 1. The number of aliphatic carboxylic acids is 1. The van der Waals surface area contributed by atoms with Gasteiger partial charge in [0.15, 0.2) is 5.03 Å². The number of nitrogens with zero attached hydrogens (tertiary/aromatic N) is 3. The van der Waals surface area contributed by atoms with Crippen molar-refractivity contribution in [2.24, 2.45) is 13.0 Å². The van der Waals surface area contributed by atoms with Crippen molar-refractivity contribution in [3.8, 4) is 0 Å². The first-order valence-corrected chi connectivity index (χ1v) is 6.86. The van der Waals surface area contributed by atoms with Crippen LogP contribution in [0.5, 0.6) is 0 Å². The van der Waals surface area contributed by atoms with Crippen LogP contribution in [-0.2, 0) is 21.9 Å². The van der Waals surface area contributed by atoms with Crippen molar-refractivity contribution in [2.45, 2.75) is 11.9 Å². The third-order valence-corrected chi connectivity index (χ3v) is 4.78. The average molecular weight is 296 g/mol. The lowest BCUT2D eigenvalue weighted by molar-refractivity contribution is -0.141. The number of carboxylic acid groups (broad SMARTS) is 1. The van der Waals surface area contributed by atoms with E-state index in [1.54, 1.807) is 0 Å². The topological polar surface area (TPSA) is 92.5 Å². The van der Waals surface area contributed by atoms with Gasteiger partial charge in [-0.1, -0.05) is 18.5 Å². The Hall–Kier alpha value is -1.12. The van der Waals surface area contributed by atoms with Crippen LogP contribution in [0.4, 0.5) is 0 Å². The molecule has 1 unspecified atom stereocenters. The van der Waals surface area contributed by atoms with Gasteiger partial charge in [-0.05, 0) is 0 Å². The van der Waals surface area contributed by atoms with Crippen LogP contribution in [-0.4, -0.2) is 47.2 Å². The SMILES string of the molecule is CC(CN(C)S(=O)(=O)c1c(Cl)cnn1C)C(=O)O. The largest absolute Gasteiger partial charge is 0.481 e. The van der Waals surface area contributed by atoms with Gasteiger partial charge in [-0.3, -0.25) is 9.48 Å². The van der Waals surface area contributed by atoms with E-state index in [9.17, 15) is 13.2 Å². The second-order valence-electron chi connectivity index (χ2n) is 3.95. The highest BCUT2D eigenvalue weighted by molar-refractivity contribution is 7.89. The normalized spacial score (nSPS) is 13.8. The lowest BCUT2D eigenvalue weighted by atomic mass is 10.2. The Balaban J connectivity index is 3.05. The number of aryl methyl sites for hydroxylation is 1. The fraction of sp³-hybridized carbons (Fsp3) is 0.556. The van der Waals surface area contributed by atoms with Gasteiger partial charge in [0.2, 0.25) is 0 Å². The van der Waals surface area contributed by atoms with Crippen molar-refractivity contribution in [1.29, 1.82) is 0 Å². The van der Waals surface area contributed by atoms with Gasteiger partial charge in [-0.2, -0.15) is 9.40 Å². The minimum absolute atomic E-state index is 0.00679. The van der Waals surface area contributed by atoms with Gasteiger partial charge in [0.05, 0.1) is 17.1 Å². The maximum atomic E-state index is 12.2. The molecular formula is C9H14ClN3O4S. The molecule has 0 fully saturated rings. The monoisotopic (exact) mass is 295 g/mol. The number of hydrogen-bond acceptors (Lipinski definition) is 4. The summed E-state index contributed by atoms with van der Waals surface area (Å²) < 4.78 is 26.5. The number of carboxylic acids is 1. The van der Waals surface area contributed by atoms with E-state index in [0.29, 0.717) is 0 Å². The van der Waals surface area contributed by atoms with Crippen LogP contribution in [0.2, 0.25) is 5.02 Å². The molecule has 0 saturated heterocycles. The fourth-order valence-corrected chi connectivity index (χ4v) is 3.25. The molecule has 18 heavy (non-hydrogen) atoms. The average Bonchev–Trinajstić information content (AvgIpc) is 2.58. The Labute approximate surface area is 110 Å². The molecule has 0 aromatic carbocycles. The molecule has 1 aromatic heterocycles. The summed E-state index contributed by atoms with van der Waals surface area (Å²) in [7, 11) is -1.09. The molecule has 0 bridgehead atoms. The summed E-state index contributed by atoms with van der Waals surface area (Å²) >= 11 is 5.77. The van der Waals surface area contributed by atoms with E-state index in [4.69, 9.17) is 16.7 Å². The van der Waals surface area contributed by atoms with Crippen LogP contribution in [0.1, 0.15) is 6.92 Å². The van der Waals surface area contributed by atoms with Gasteiger partial charge < -0.3 is 5.11 Å². The molecule has 1 atom stereocenters. The second-order valence-corrected chi connectivity index (χ2v) is 6.31. The molecule has 0 amide bonds. The van der Waals surface area contributed by atoms with Crippen molar-refractivity contribution in [3.05, 3.63) is 11.2 Å². The zero-order valence-electron chi connectivity index (χ0n) is 10.2. The first-order chi connectivity index (χ1) is 8.17. The van der Waals surface area contributed by atoms with E-state index in [2.05, 4.69) is 5.10 Å². The van der Waals surface area contributed by atoms with Gasteiger partial charge in [0.25, 0.3) is 10.0 Å². The number of rotatable bonds is 5. The number of aromatic nitrogens is 2. The minimum atomic E-state index is -3.85. The predicted octanol–water partition coefficient (Wildman–Crippen LogP) is 0.415. The second kappa shape index (κ2) is 5.25. The molecule has 9 heteroatoms. The summed E-state index contributed by atoms with van der Waals surface area (Å²) in [6.45, 7) is 1.29. The van der Waals surface area contributed by atoms with E-state index >= 15 is 0 Å². The van der Waals surface area contributed by atoms with E-state index in [1.807, 2.05) is 0 Å². The third-order valence-electron chi connectivity index (χ3n) is 2.45. The third kappa shape index (κ3) is 2.82. The fourth-order valence-electron chi connectivity index (χ4n) is 1.40. The lowest BCUT2D eigenvalue weighted by Crippen LogP contribution is -2.34. The van der Waals surface area contributed by atoms with Crippen molar-refractivity contribution in [2.75, 3.05) is 13.6 Å². The van der Waals surface area contributed by atoms with Crippen LogP contribution >= 0.6 is 11.6 Å². The van der Waals surface area contributed by atoms with Gasteiger partial charge >= 0.3 is 5.97 Å². The van der Waals surface area contributed by atoms with Gasteiger partial charge in [0.1, 0.15) is 0 Å². The summed E-state index contributed by atoms with van der Waals surface area (Å²) in [5.74, 6) is -1.87. The molecule has 1 N–H and O–H groups in total. The zero-order valence-corrected chi connectivity index (χ0v) is 11.7. The molecule has 0 spiro atoms. The molecule has 102 valence electrons. The Kier molecular flexibility index (Phi) is 4.36. The quantitative estimate of drug-likeness (QED) is 0.849. The minimum Gasteiger partial charge on any atom is -0.481 e. The first kappa shape index (κ1) is 14.9. The lowest BCUT2D eigenvalue weighted by Gasteiger charge is -2.19. The maximum absolute atomic E-state index is 12.2. The molecule has 0 saturated carbocycles. The maximum Gasteiger partial charge on any atom is 0.307 e. The van der Waals surface area contributed by atoms with Crippen molar-refractivity contribution < 1.29 is 18.3 Å². The van der Waals surface area contributed by atoms with Crippen LogP contribution in [0.3, 0.4) is 0 Å². The van der Waals surface area contributed by atoms with Gasteiger partial charge in [-0.25, -0.2) is 8.42 Å². The summed E-state index contributed by atoms with van der Waals surface area (Å²) in [4.78, 5) is 10.7. The first-order valence-electron chi connectivity index (χ1n) is 5.04. The number of halogens is 1. The molecule has 1 rings (SSSR count). The molecule has 0 aliphatic carbocycles. The highest BCUT2D eigenvalue weighted by Crippen LogP contribution is 2.23. The smallest absolute Gasteiger partial charge is 0.307 e. The zero-order chi connectivity index (χ0) is 14.1. The Morgan fingerprint density at radius 3 is 2.61 bits per heavy atom. The summed E-state index contributed by atoms with van der Waals surface area (Å²) in [6.07, 6.45) is 1.23. The standard InChI is InChI=1S/C9H14ClN3O4S/c1-6(9(14)15)5-12(2)18(16,17)8-7(10)4-11-13(8)3/h4,6H,5H2,1-3H3,(H,14,15). The van der Waals surface area contributed by atoms with Gasteiger partial charge in [-0.15, -0.1) is 0 Å². The molecule has 0 aliphatic heterocycles. The van der Waals surface area contributed by atoms with E-state index in [-0.39, 0.29) is 16.6 Å². The molecule has 0 aliphatic rings. The Morgan fingerprint density at radius 2 is 2.22 bits per heavy atom. The Bertz CT molecular complexity index is 535. The van der Waals surface area contributed by atoms with Crippen molar-refractivity contribution >= 4 is 27.6 Å². The Morgan fingerprint density at radius 1 is 1.67 bits per heavy atom. The summed E-state index contributed by atoms with van der Waals surface area (Å²) in [5.41, 5.74) is 0. The molecular weight excluding hydrogens is 282 g/mol.